The molecule has 1 aromatic carbocycles. The van der Waals surface area contributed by atoms with Crippen LogP contribution in [0, 0.1) is 0 Å². The van der Waals surface area contributed by atoms with Crippen molar-refractivity contribution < 1.29 is 0 Å². The third kappa shape index (κ3) is 3.19. The second-order valence-electron chi connectivity index (χ2n) is 3.50. The molecular formula is C11H17Sb. The van der Waals surface area contributed by atoms with Crippen molar-refractivity contribution in [2.24, 2.45) is 0 Å². The molecule has 1 aromatic rings. The van der Waals surface area contributed by atoms with Crippen molar-refractivity contribution in [3.05, 3.63) is 35.9 Å². The van der Waals surface area contributed by atoms with Gasteiger partial charge in [-0.3, -0.25) is 0 Å². The summed E-state index contributed by atoms with van der Waals surface area (Å²) in [7, 11) is 0. The second kappa shape index (κ2) is 4.92. The molecule has 0 radical (unpaired) electrons. The molecule has 1 rings (SSSR count). The molecule has 0 fully saturated rings. The molecule has 0 saturated heterocycles. The molecule has 1 atom stereocenters. The van der Waals surface area contributed by atoms with Crippen molar-refractivity contribution in [3.63, 3.8) is 0 Å². The minimum absolute atomic E-state index is 0.824. The van der Waals surface area contributed by atoms with Crippen LogP contribution in [-0.4, -0.2) is 20.2 Å². The number of hydrogen-bond acceptors (Lipinski definition) is 0. The van der Waals surface area contributed by atoms with Gasteiger partial charge in [0, 0.05) is 0 Å². The standard InChI is InChI=1S/C9H11.2CH3.Sb/c1-2-6-9-7-4-3-5-8-9;;;/h2-5,7-8H,6H2,1H3;2*1H3;. The molecule has 0 bridgehead atoms. The Morgan fingerprint density at radius 3 is 2.25 bits per heavy atom. The Labute approximate surface area is 83.0 Å². The zero-order chi connectivity index (χ0) is 8.97. The molecule has 0 heterocycles. The third-order valence-electron chi connectivity index (χ3n) is 2.26. The Kier molecular flexibility index (Phi) is 4.15. The molecule has 0 aliphatic carbocycles. The Balaban J connectivity index is 2.53. The van der Waals surface area contributed by atoms with E-state index in [9.17, 15) is 0 Å². The van der Waals surface area contributed by atoms with Gasteiger partial charge in [-0.05, 0) is 0 Å². The Morgan fingerprint density at radius 2 is 1.75 bits per heavy atom. The molecule has 66 valence electrons. The number of rotatable bonds is 3. The van der Waals surface area contributed by atoms with E-state index in [1.165, 1.54) is 12.0 Å². The van der Waals surface area contributed by atoms with Crippen molar-refractivity contribution in [2.45, 2.75) is 26.9 Å². The van der Waals surface area contributed by atoms with Crippen LogP contribution < -0.4 is 0 Å². The van der Waals surface area contributed by atoms with Crippen LogP contribution in [0.3, 0.4) is 0 Å². The zero-order valence-corrected chi connectivity index (χ0v) is 10.7. The van der Waals surface area contributed by atoms with Crippen LogP contribution in [0.25, 0.3) is 0 Å². The molecule has 0 nitrogen and oxygen atoms in total. The fraction of sp³-hybridized carbons (Fsp3) is 0.455. The van der Waals surface area contributed by atoms with Gasteiger partial charge in [0.1, 0.15) is 0 Å². The van der Waals surface area contributed by atoms with Gasteiger partial charge in [0.05, 0.1) is 0 Å². The predicted octanol–water partition coefficient (Wildman–Crippen LogP) is 3.37. The van der Waals surface area contributed by atoms with Crippen LogP contribution >= 0.6 is 0 Å². The van der Waals surface area contributed by atoms with Crippen LogP contribution in [0.2, 0.25) is 13.6 Å². The quantitative estimate of drug-likeness (QED) is 0.739. The first kappa shape index (κ1) is 10.1. The first-order valence-electron chi connectivity index (χ1n) is 4.40. The molecule has 0 spiro atoms. The summed E-state index contributed by atoms with van der Waals surface area (Å²) in [4.78, 5) is 4.94. The van der Waals surface area contributed by atoms with Gasteiger partial charge >= 0.3 is 83.1 Å². The van der Waals surface area contributed by atoms with E-state index in [2.05, 4.69) is 47.0 Å². The fourth-order valence-corrected chi connectivity index (χ4v) is 2.78. The summed E-state index contributed by atoms with van der Waals surface area (Å²) in [6, 6.07) is 10.8. The summed E-state index contributed by atoms with van der Waals surface area (Å²) in [6.45, 7) is 2.40. The van der Waals surface area contributed by atoms with Gasteiger partial charge < -0.3 is 0 Å². The van der Waals surface area contributed by atoms with Crippen LogP contribution in [0.1, 0.15) is 12.5 Å². The van der Waals surface area contributed by atoms with E-state index in [0.717, 1.165) is 3.86 Å². The van der Waals surface area contributed by atoms with Gasteiger partial charge in [0.2, 0.25) is 0 Å². The van der Waals surface area contributed by atoms with Gasteiger partial charge in [-0.1, -0.05) is 0 Å². The van der Waals surface area contributed by atoms with E-state index in [1.54, 1.807) is 0 Å². The van der Waals surface area contributed by atoms with Gasteiger partial charge in [-0.25, -0.2) is 0 Å². The third-order valence-corrected chi connectivity index (χ3v) is 7.81. The molecule has 1 heteroatoms. The van der Waals surface area contributed by atoms with E-state index in [0.29, 0.717) is 0 Å². The first-order chi connectivity index (χ1) is 5.70. The van der Waals surface area contributed by atoms with E-state index in [4.69, 9.17) is 0 Å². The molecule has 0 N–H and O–H groups in total. The Bertz CT molecular complexity index is 216. The molecule has 1 unspecified atom stereocenters. The van der Waals surface area contributed by atoms with Crippen molar-refractivity contribution in [3.8, 4) is 0 Å². The maximum absolute atomic E-state index is 2.47. The van der Waals surface area contributed by atoms with E-state index in [-0.39, 0.29) is 0 Å². The molecule has 0 amide bonds. The SMILES string of the molecule is C[CH](Cc1ccccc1)[Sb]([CH3])[CH3]. The first-order valence-corrected chi connectivity index (χ1v) is 11.0. The van der Waals surface area contributed by atoms with Crippen LogP contribution in [0.15, 0.2) is 30.3 Å². The molecule has 0 aromatic heterocycles. The average molecular weight is 271 g/mol. The second-order valence-corrected chi connectivity index (χ2v) is 11.5. The van der Waals surface area contributed by atoms with E-state index < -0.39 is 20.2 Å². The summed E-state index contributed by atoms with van der Waals surface area (Å²) in [5.41, 5.74) is 1.50. The van der Waals surface area contributed by atoms with E-state index >= 15 is 0 Å². The molecule has 0 aliphatic rings. The van der Waals surface area contributed by atoms with Crippen molar-refractivity contribution in [1.29, 1.82) is 0 Å². The monoisotopic (exact) mass is 270 g/mol. The van der Waals surface area contributed by atoms with Crippen LogP contribution in [0.4, 0.5) is 0 Å². The van der Waals surface area contributed by atoms with Gasteiger partial charge in [0.25, 0.3) is 0 Å². The van der Waals surface area contributed by atoms with Crippen LogP contribution in [-0.2, 0) is 6.42 Å². The number of hydrogen-bond donors (Lipinski definition) is 0. The fourth-order valence-electron chi connectivity index (χ4n) is 1.14. The summed E-state index contributed by atoms with van der Waals surface area (Å²) in [6.07, 6.45) is 1.29. The number of benzene rings is 1. The zero-order valence-electron chi connectivity index (χ0n) is 8.12. The van der Waals surface area contributed by atoms with Crippen LogP contribution in [0.5, 0.6) is 0 Å². The molecular weight excluding hydrogens is 254 g/mol. The Hall–Kier alpha value is 0.0382. The maximum atomic E-state index is 2.47. The molecule has 0 aliphatic heterocycles. The van der Waals surface area contributed by atoms with Crippen molar-refractivity contribution in [2.75, 3.05) is 0 Å². The van der Waals surface area contributed by atoms with Gasteiger partial charge in [-0.15, -0.1) is 0 Å². The molecule has 12 heavy (non-hydrogen) atoms. The normalized spacial score (nSPS) is 13.3. The minimum atomic E-state index is -0.824. The predicted molar refractivity (Wildman–Crippen MR) is 57.1 cm³/mol. The van der Waals surface area contributed by atoms with E-state index in [1.807, 2.05) is 0 Å². The van der Waals surface area contributed by atoms with Gasteiger partial charge in [-0.2, -0.15) is 0 Å². The Morgan fingerprint density at radius 1 is 1.17 bits per heavy atom. The average Bonchev–Trinajstić information content (AvgIpc) is 2.06. The molecule has 0 saturated carbocycles. The summed E-state index contributed by atoms with van der Waals surface area (Å²) in [5.74, 6) is 0. The van der Waals surface area contributed by atoms with Crippen molar-refractivity contribution in [1.82, 2.24) is 0 Å². The summed E-state index contributed by atoms with van der Waals surface area (Å²) >= 11 is -0.824. The van der Waals surface area contributed by atoms with Crippen molar-refractivity contribution >= 4 is 20.2 Å². The topological polar surface area (TPSA) is 0 Å². The van der Waals surface area contributed by atoms with Gasteiger partial charge in [0.15, 0.2) is 0 Å². The summed E-state index contributed by atoms with van der Waals surface area (Å²) < 4.78 is 0.968. The summed E-state index contributed by atoms with van der Waals surface area (Å²) in [5, 5.41) is 0.